The van der Waals surface area contributed by atoms with Crippen molar-refractivity contribution in [1.82, 2.24) is 4.98 Å². The average molecular weight is 367 g/mol. The van der Waals surface area contributed by atoms with Crippen LogP contribution in [0.5, 0.6) is 0 Å². The zero-order valence-electron chi connectivity index (χ0n) is 14.1. The molecule has 0 spiro atoms. The Kier molecular flexibility index (Phi) is 4.98. The zero-order chi connectivity index (χ0) is 18.9. The number of fused-ring (bicyclic) bond motifs is 1. The Labute approximate surface area is 148 Å². The van der Waals surface area contributed by atoms with Gasteiger partial charge in [-0.2, -0.15) is 13.2 Å². The number of hydrogen-bond donors (Lipinski definition) is 0. The molecular weight excluding hydrogens is 350 g/mol. The van der Waals surface area contributed by atoms with Crippen LogP contribution in [-0.4, -0.2) is 23.7 Å². The third-order valence-electron chi connectivity index (χ3n) is 4.35. The second-order valence-electron chi connectivity index (χ2n) is 6.02. The number of benzene rings is 1. The molecule has 1 heterocycles. The number of aromatic nitrogens is 1. The Bertz CT molecular complexity index is 819. The monoisotopic (exact) mass is 367 g/mol. The second-order valence-corrected chi connectivity index (χ2v) is 6.02. The van der Waals surface area contributed by atoms with E-state index in [1.807, 2.05) is 0 Å². The van der Waals surface area contributed by atoms with Crippen LogP contribution in [0.3, 0.4) is 0 Å². The van der Waals surface area contributed by atoms with Crippen molar-refractivity contribution in [3.05, 3.63) is 52.8 Å². The summed E-state index contributed by atoms with van der Waals surface area (Å²) in [5, 5.41) is 0. The number of esters is 1. The van der Waals surface area contributed by atoms with Crippen molar-refractivity contribution < 1.29 is 27.1 Å². The highest BCUT2D eigenvalue weighted by Crippen LogP contribution is 2.44. The molecule has 138 valence electrons. The van der Waals surface area contributed by atoms with Crippen LogP contribution in [-0.2, 0) is 17.6 Å². The van der Waals surface area contributed by atoms with Gasteiger partial charge in [-0.1, -0.05) is 30.3 Å². The van der Waals surface area contributed by atoms with Crippen LogP contribution in [0.4, 0.5) is 17.6 Å². The Morgan fingerprint density at radius 2 is 1.85 bits per heavy atom. The van der Waals surface area contributed by atoms with Gasteiger partial charge >= 0.3 is 12.1 Å². The van der Waals surface area contributed by atoms with E-state index in [4.69, 9.17) is 4.74 Å². The minimum atomic E-state index is -5.12. The molecule has 3 rings (SSSR count). The van der Waals surface area contributed by atoms with Gasteiger partial charge in [0, 0.05) is 5.56 Å². The SMILES string of the molecule is CCOC(=O)c1nc(C(F)C(F)(F)F)c(-c2ccccc2)c2c1CCC2. The average Bonchev–Trinajstić information content (AvgIpc) is 3.09. The van der Waals surface area contributed by atoms with Crippen LogP contribution in [0.1, 0.15) is 46.8 Å². The molecule has 0 N–H and O–H groups in total. The van der Waals surface area contributed by atoms with Crippen molar-refractivity contribution in [3.63, 3.8) is 0 Å². The molecule has 1 aliphatic carbocycles. The normalized spacial score (nSPS) is 14.8. The first-order valence-electron chi connectivity index (χ1n) is 8.33. The summed E-state index contributed by atoms with van der Waals surface area (Å²) >= 11 is 0. The Morgan fingerprint density at radius 1 is 1.19 bits per heavy atom. The number of hydrogen-bond acceptors (Lipinski definition) is 3. The second kappa shape index (κ2) is 7.05. The van der Waals surface area contributed by atoms with Crippen molar-refractivity contribution in [2.24, 2.45) is 0 Å². The van der Waals surface area contributed by atoms with E-state index >= 15 is 0 Å². The van der Waals surface area contributed by atoms with Gasteiger partial charge in [0.1, 0.15) is 0 Å². The first kappa shape index (κ1) is 18.4. The van der Waals surface area contributed by atoms with Gasteiger partial charge in [-0.3, -0.25) is 0 Å². The van der Waals surface area contributed by atoms with Gasteiger partial charge in [-0.05, 0) is 42.9 Å². The molecule has 26 heavy (non-hydrogen) atoms. The summed E-state index contributed by atoms with van der Waals surface area (Å²) in [6, 6.07) is 8.29. The molecule has 0 aliphatic heterocycles. The zero-order valence-corrected chi connectivity index (χ0v) is 14.1. The van der Waals surface area contributed by atoms with E-state index in [1.165, 1.54) is 0 Å². The fourth-order valence-corrected chi connectivity index (χ4v) is 3.31. The molecule has 0 saturated carbocycles. The van der Waals surface area contributed by atoms with Crippen LogP contribution in [0.25, 0.3) is 11.1 Å². The molecule has 2 aromatic rings. The minimum absolute atomic E-state index is 0.0589. The lowest BCUT2D eigenvalue weighted by Gasteiger charge is -2.20. The summed E-state index contributed by atoms with van der Waals surface area (Å²) in [5.74, 6) is -0.819. The van der Waals surface area contributed by atoms with Gasteiger partial charge in [-0.15, -0.1) is 0 Å². The van der Waals surface area contributed by atoms with Crippen molar-refractivity contribution in [1.29, 1.82) is 0 Å². The van der Waals surface area contributed by atoms with E-state index in [0.717, 1.165) is 0 Å². The summed E-state index contributed by atoms with van der Waals surface area (Å²) in [6.07, 6.45) is -6.77. The lowest BCUT2D eigenvalue weighted by Crippen LogP contribution is -2.22. The fraction of sp³-hybridized carbons (Fsp3) is 0.368. The van der Waals surface area contributed by atoms with Crippen LogP contribution in [0.2, 0.25) is 0 Å². The van der Waals surface area contributed by atoms with E-state index in [2.05, 4.69) is 4.98 Å². The minimum Gasteiger partial charge on any atom is -0.461 e. The standard InChI is InChI=1S/C19H17F4NO2/c1-2-26-18(25)15-13-10-6-9-12(13)14(11-7-4-3-5-8-11)16(24-15)17(20)19(21,22)23/h3-5,7-8,17H,2,6,9-10H2,1H3. The van der Waals surface area contributed by atoms with Crippen molar-refractivity contribution in [3.8, 4) is 11.1 Å². The van der Waals surface area contributed by atoms with E-state index < -0.39 is 24.0 Å². The van der Waals surface area contributed by atoms with Crippen molar-refractivity contribution >= 4 is 5.97 Å². The molecular formula is C19H17F4NO2. The number of rotatable bonds is 4. The third kappa shape index (κ3) is 3.30. The molecule has 1 unspecified atom stereocenters. The summed E-state index contributed by atoms with van der Waals surface area (Å²) in [4.78, 5) is 16.0. The Hall–Kier alpha value is -2.44. The molecule has 3 nitrogen and oxygen atoms in total. The predicted molar refractivity (Wildman–Crippen MR) is 87.6 cm³/mol. The number of alkyl halides is 4. The molecule has 0 fully saturated rings. The molecule has 1 aromatic heterocycles. The smallest absolute Gasteiger partial charge is 0.425 e. The number of carbonyl (C=O) groups is 1. The summed E-state index contributed by atoms with van der Waals surface area (Å²) < 4.78 is 58.7. The third-order valence-corrected chi connectivity index (χ3v) is 4.35. The topological polar surface area (TPSA) is 39.2 Å². The lowest BCUT2D eigenvalue weighted by atomic mass is 9.92. The quantitative estimate of drug-likeness (QED) is 0.565. The van der Waals surface area contributed by atoms with Gasteiger partial charge in [0.15, 0.2) is 5.69 Å². The molecule has 1 atom stereocenters. The van der Waals surface area contributed by atoms with Gasteiger partial charge in [0.05, 0.1) is 12.3 Å². The number of nitrogens with zero attached hydrogens (tertiary/aromatic N) is 1. The Morgan fingerprint density at radius 3 is 2.46 bits per heavy atom. The van der Waals surface area contributed by atoms with Gasteiger partial charge in [0.2, 0.25) is 6.17 Å². The maximum Gasteiger partial charge on any atom is 0.425 e. The van der Waals surface area contributed by atoms with E-state index in [9.17, 15) is 22.4 Å². The summed E-state index contributed by atoms with van der Waals surface area (Å²) in [6.45, 7) is 1.65. The maximum absolute atomic E-state index is 14.3. The molecule has 0 radical (unpaired) electrons. The van der Waals surface area contributed by atoms with Crippen molar-refractivity contribution in [2.45, 2.75) is 38.5 Å². The molecule has 1 aromatic carbocycles. The fourth-order valence-electron chi connectivity index (χ4n) is 3.31. The van der Waals surface area contributed by atoms with E-state index in [-0.39, 0.29) is 17.9 Å². The maximum atomic E-state index is 14.3. The van der Waals surface area contributed by atoms with Gasteiger partial charge in [0.25, 0.3) is 0 Å². The van der Waals surface area contributed by atoms with Crippen LogP contribution in [0.15, 0.2) is 30.3 Å². The van der Waals surface area contributed by atoms with Gasteiger partial charge < -0.3 is 4.74 Å². The Balaban J connectivity index is 2.29. The number of pyridine rings is 1. The van der Waals surface area contributed by atoms with Crippen LogP contribution in [0, 0.1) is 0 Å². The first-order valence-corrected chi connectivity index (χ1v) is 8.33. The van der Waals surface area contributed by atoms with E-state index in [1.54, 1.807) is 37.3 Å². The van der Waals surface area contributed by atoms with Crippen LogP contribution < -0.4 is 0 Å². The highest BCUT2D eigenvalue weighted by Gasteiger charge is 2.45. The summed E-state index contributed by atoms with van der Waals surface area (Å²) in [7, 11) is 0. The molecule has 0 amide bonds. The highest BCUT2D eigenvalue weighted by atomic mass is 19.4. The van der Waals surface area contributed by atoms with Gasteiger partial charge in [-0.25, -0.2) is 14.2 Å². The number of ether oxygens (including phenoxy) is 1. The lowest BCUT2D eigenvalue weighted by molar-refractivity contribution is -0.183. The number of halogens is 4. The summed E-state index contributed by atoms with van der Waals surface area (Å²) in [5.41, 5.74) is 0.719. The largest absolute Gasteiger partial charge is 0.461 e. The van der Waals surface area contributed by atoms with Crippen LogP contribution >= 0.6 is 0 Å². The molecule has 0 saturated heterocycles. The van der Waals surface area contributed by atoms with Crippen molar-refractivity contribution in [2.75, 3.05) is 6.61 Å². The molecule has 7 heteroatoms. The predicted octanol–water partition coefficient (Wildman–Crippen LogP) is 4.99. The molecule has 1 aliphatic rings. The molecule has 0 bridgehead atoms. The number of carbonyl (C=O) groups excluding carboxylic acids is 1. The first-order chi connectivity index (χ1) is 12.3. The highest BCUT2D eigenvalue weighted by molar-refractivity contribution is 5.91. The van der Waals surface area contributed by atoms with E-state index in [0.29, 0.717) is 36.0 Å².